The Balaban J connectivity index is 2.54. The first kappa shape index (κ1) is 24.1. The van der Waals surface area contributed by atoms with Crippen LogP contribution in [0.1, 0.15) is 34.0 Å². The summed E-state index contributed by atoms with van der Waals surface area (Å²) in [6, 6.07) is 5.82. The predicted octanol–water partition coefficient (Wildman–Crippen LogP) is 5.06. The molecular formula is C24H18Cl2O7. The Bertz CT molecular complexity index is 1320. The fraction of sp³-hybridized carbons (Fsp3) is 0.125. The van der Waals surface area contributed by atoms with E-state index in [-0.39, 0.29) is 54.8 Å². The van der Waals surface area contributed by atoms with Crippen molar-refractivity contribution in [1.29, 1.82) is 0 Å². The molecule has 3 N–H and O–H groups in total. The molecule has 0 saturated heterocycles. The van der Waals surface area contributed by atoms with Crippen LogP contribution in [0.5, 0.6) is 11.5 Å². The minimum atomic E-state index is -1.42. The molecule has 1 aliphatic carbocycles. The lowest BCUT2D eigenvalue weighted by molar-refractivity contribution is -0.134. The number of hydrogen-bond acceptors (Lipinski definition) is 5. The Morgan fingerprint density at radius 3 is 2.24 bits per heavy atom. The zero-order valence-electron chi connectivity index (χ0n) is 17.7. The number of Topliss-reactive ketones (excluding diaryl/α,β-unsaturated/α-hetero) is 1. The number of aromatic carboxylic acids is 1. The van der Waals surface area contributed by atoms with E-state index in [1.54, 1.807) is 6.07 Å². The number of benzene rings is 2. The van der Waals surface area contributed by atoms with Crippen LogP contribution in [-0.2, 0) is 9.59 Å². The third-order valence-electron chi connectivity index (χ3n) is 5.14. The van der Waals surface area contributed by atoms with Gasteiger partial charge in [0, 0.05) is 5.56 Å². The van der Waals surface area contributed by atoms with Gasteiger partial charge in [-0.2, -0.15) is 0 Å². The average molecular weight is 489 g/mol. The highest BCUT2D eigenvalue weighted by molar-refractivity contribution is 6.39. The second-order valence-corrected chi connectivity index (χ2v) is 8.07. The maximum absolute atomic E-state index is 12.4. The van der Waals surface area contributed by atoms with Gasteiger partial charge in [0.05, 0.1) is 17.2 Å². The first-order chi connectivity index (χ1) is 15.5. The van der Waals surface area contributed by atoms with Crippen LogP contribution in [0.25, 0.3) is 5.57 Å². The van der Waals surface area contributed by atoms with Crippen molar-refractivity contribution in [3.63, 3.8) is 0 Å². The summed E-state index contributed by atoms with van der Waals surface area (Å²) in [5, 5.41) is 29.6. The van der Waals surface area contributed by atoms with Gasteiger partial charge in [0.25, 0.3) is 0 Å². The van der Waals surface area contributed by atoms with Crippen LogP contribution < -0.4 is 4.74 Å². The molecule has 0 saturated carbocycles. The minimum Gasteiger partial charge on any atom is -0.507 e. The standard InChI is InChI=1S/C24H18Cl2O7/c1-10-6-12(8-14(21(10)27)23(29)30)18(19-16(25)4-5-17(33-3)20(19)26)13-7-11(2)22(28)15(9-13)24(31)32/h4-9,27H,1-3H3,(H,29,30)(H,31,32)/b18-13-. The van der Waals surface area contributed by atoms with E-state index in [9.17, 15) is 29.7 Å². The van der Waals surface area contributed by atoms with Crippen molar-refractivity contribution >= 4 is 46.5 Å². The van der Waals surface area contributed by atoms with Crippen molar-refractivity contribution in [3.8, 4) is 11.5 Å². The molecule has 7 nitrogen and oxygen atoms in total. The molecule has 9 heteroatoms. The number of ether oxygens (including phenoxy) is 1. The highest BCUT2D eigenvalue weighted by Gasteiger charge is 2.27. The Hall–Kier alpha value is -3.55. The number of carboxylic acids is 2. The molecule has 0 radical (unpaired) electrons. The van der Waals surface area contributed by atoms with Gasteiger partial charge in [0.15, 0.2) is 5.78 Å². The highest BCUT2D eigenvalue weighted by Crippen LogP contribution is 2.44. The molecule has 0 bridgehead atoms. The van der Waals surface area contributed by atoms with Gasteiger partial charge in [-0.1, -0.05) is 23.2 Å². The maximum Gasteiger partial charge on any atom is 0.339 e. The van der Waals surface area contributed by atoms with E-state index in [1.807, 2.05) is 0 Å². The quantitative estimate of drug-likeness (QED) is 0.503. The van der Waals surface area contributed by atoms with Crippen LogP contribution in [0.3, 0.4) is 0 Å². The molecule has 0 atom stereocenters. The Morgan fingerprint density at radius 2 is 1.67 bits per heavy atom. The third-order valence-corrected chi connectivity index (χ3v) is 5.83. The molecule has 3 rings (SSSR count). The molecule has 0 amide bonds. The summed E-state index contributed by atoms with van der Waals surface area (Å²) in [4.78, 5) is 35.8. The number of rotatable bonds is 5. The van der Waals surface area contributed by atoms with Crippen LogP contribution in [0.2, 0.25) is 10.0 Å². The van der Waals surface area contributed by atoms with E-state index in [2.05, 4.69) is 0 Å². The molecule has 0 fully saturated rings. The number of carboxylic acid groups (broad SMARTS) is 2. The first-order valence-electron chi connectivity index (χ1n) is 9.49. The number of hydrogen-bond donors (Lipinski definition) is 3. The number of aliphatic carboxylic acids is 1. The largest absolute Gasteiger partial charge is 0.507 e. The molecule has 170 valence electrons. The van der Waals surface area contributed by atoms with Gasteiger partial charge in [-0.05, 0) is 78.1 Å². The smallest absolute Gasteiger partial charge is 0.339 e. The topological polar surface area (TPSA) is 121 Å². The summed E-state index contributed by atoms with van der Waals surface area (Å²) >= 11 is 13.1. The molecule has 1 aliphatic rings. The van der Waals surface area contributed by atoms with Crippen LogP contribution in [0.4, 0.5) is 0 Å². The molecule has 0 aromatic heterocycles. The molecule has 0 heterocycles. The average Bonchev–Trinajstić information content (AvgIpc) is 2.74. The van der Waals surface area contributed by atoms with Crippen molar-refractivity contribution in [1.82, 2.24) is 0 Å². The Kier molecular flexibility index (Phi) is 6.67. The van der Waals surface area contributed by atoms with Gasteiger partial charge >= 0.3 is 11.9 Å². The molecule has 2 aromatic rings. The number of allylic oxidation sites excluding steroid dienone is 4. The first-order valence-corrected chi connectivity index (χ1v) is 10.2. The molecular weight excluding hydrogens is 471 g/mol. The minimum absolute atomic E-state index is 0.100. The van der Waals surface area contributed by atoms with Gasteiger partial charge in [-0.15, -0.1) is 0 Å². The highest BCUT2D eigenvalue weighted by atomic mass is 35.5. The summed E-state index contributed by atoms with van der Waals surface area (Å²) < 4.78 is 5.29. The van der Waals surface area contributed by atoms with Crippen molar-refractivity contribution in [2.75, 3.05) is 7.11 Å². The molecule has 0 spiro atoms. The lowest BCUT2D eigenvalue weighted by Crippen LogP contribution is -2.17. The second kappa shape index (κ2) is 9.13. The zero-order valence-corrected chi connectivity index (χ0v) is 19.2. The summed E-state index contributed by atoms with van der Waals surface area (Å²) in [5.41, 5.74) is 0.644. The van der Waals surface area contributed by atoms with E-state index in [0.29, 0.717) is 0 Å². The normalized spacial score (nSPS) is 15.0. The summed E-state index contributed by atoms with van der Waals surface area (Å²) in [5.74, 6) is -3.57. The molecule has 0 unspecified atom stereocenters. The summed E-state index contributed by atoms with van der Waals surface area (Å²) in [6.07, 6.45) is 2.65. The van der Waals surface area contributed by atoms with Gasteiger partial charge < -0.3 is 20.1 Å². The third kappa shape index (κ3) is 4.37. The maximum atomic E-state index is 12.4. The van der Waals surface area contributed by atoms with E-state index in [0.717, 1.165) is 0 Å². The molecule has 2 aromatic carbocycles. The van der Waals surface area contributed by atoms with Crippen LogP contribution >= 0.6 is 23.2 Å². The molecule has 33 heavy (non-hydrogen) atoms. The zero-order chi connectivity index (χ0) is 24.6. The number of carbonyl (C=O) groups excluding carboxylic acids is 1. The van der Waals surface area contributed by atoms with Crippen molar-refractivity contribution < 1.29 is 34.4 Å². The van der Waals surface area contributed by atoms with E-state index >= 15 is 0 Å². The van der Waals surface area contributed by atoms with E-state index < -0.39 is 29.0 Å². The Labute approximate surface area is 198 Å². The summed E-state index contributed by atoms with van der Waals surface area (Å²) in [7, 11) is 1.41. The monoisotopic (exact) mass is 488 g/mol. The van der Waals surface area contributed by atoms with Gasteiger partial charge in [-0.3, -0.25) is 4.79 Å². The number of aryl methyl sites for hydroxylation is 1. The van der Waals surface area contributed by atoms with Crippen LogP contribution in [0, 0.1) is 6.92 Å². The van der Waals surface area contributed by atoms with Gasteiger partial charge in [0.1, 0.15) is 22.6 Å². The van der Waals surface area contributed by atoms with Crippen molar-refractivity contribution in [2.24, 2.45) is 0 Å². The SMILES string of the molecule is COc1ccc(Cl)c(/C(=C2/C=C(C)C(=O)C(C(=O)O)=C2)c2cc(C)c(O)c(C(=O)O)c2)c1Cl. The Morgan fingerprint density at radius 1 is 1.00 bits per heavy atom. The predicted molar refractivity (Wildman–Crippen MR) is 123 cm³/mol. The van der Waals surface area contributed by atoms with E-state index in [1.165, 1.54) is 51.3 Å². The fourth-order valence-corrected chi connectivity index (χ4v) is 4.18. The molecule has 0 aliphatic heterocycles. The van der Waals surface area contributed by atoms with Gasteiger partial charge in [-0.25, -0.2) is 9.59 Å². The number of phenols is 1. The fourth-order valence-electron chi connectivity index (χ4n) is 3.54. The number of halogens is 2. The van der Waals surface area contributed by atoms with Gasteiger partial charge in [0.2, 0.25) is 0 Å². The number of ketones is 1. The lowest BCUT2D eigenvalue weighted by Gasteiger charge is -2.20. The lowest BCUT2D eigenvalue weighted by atomic mass is 9.85. The second-order valence-electron chi connectivity index (χ2n) is 7.28. The van der Waals surface area contributed by atoms with Crippen LogP contribution in [0.15, 0.2) is 53.1 Å². The number of aromatic hydroxyl groups is 1. The van der Waals surface area contributed by atoms with Crippen molar-refractivity contribution in [2.45, 2.75) is 13.8 Å². The number of carbonyl (C=O) groups is 3. The van der Waals surface area contributed by atoms with Crippen molar-refractivity contribution in [3.05, 3.63) is 85.4 Å². The van der Waals surface area contributed by atoms with Crippen LogP contribution in [-0.4, -0.2) is 40.2 Å². The summed E-state index contributed by atoms with van der Waals surface area (Å²) in [6.45, 7) is 2.99. The van der Waals surface area contributed by atoms with E-state index in [4.69, 9.17) is 27.9 Å². The number of methoxy groups -OCH3 is 1.